The Kier molecular flexibility index (Phi) is 3.76. The summed E-state index contributed by atoms with van der Waals surface area (Å²) in [5, 5.41) is 21.2. The number of hydrogen-bond acceptors (Lipinski definition) is 5. The number of carboxylic acids is 1. The molecule has 2 aliphatic rings. The maximum Gasteiger partial charge on any atom is 0.335 e. The van der Waals surface area contributed by atoms with Crippen molar-refractivity contribution in [1.29, 1.82) is 0 Å². The van der Waals surface area contributed by atoms with E-state index in [9.17, 15) is 14.9 Å². The molecule has 0 saturated carbocycles. The fourth-order valence-corrected chi connectivity index (χ4v) is 5.36. The average Bonchev–Trinajstić information content (AvgIpc) is 3.07. The highest BCUT2D eigenvalue weighted by Crippen LogP contribution is 2.55. The summed E-state index contributed by atoms with van der Waals surface area (Å²) < 4.78 is 6.10. The lowest BCUT2D eigenvalue weighted by Crippen LogP contribution is -2.44. The summed E-state index contributed by atoms with van der Waals surface area (Å²) in [4.78, 5) is 21.8. The summed E-state index contributed by atoms with van der Waals surface area (Å²) in [5.74, 6) is -1.05. The van der Waals surface area contributed by atoms with Gasteiger partial charge in [0.25, 0.3) is 0 Å². The van der Waals surface area contributed by atoms with Crippen molar-refractivity contribution in [2.45, 2.75) is 48.7 Å². The number of nitro groups is 1. The van der Waals surface area contributed by atoms with E-state index in [4.69, 9.17) is 9.84 Å². The van der Waals surface area contributed by atoms with Gasteiger partial charge in [0.15, 0.2) is 5.75 Å². The van der Waals surface area contributed by atoms with Crippen LogP contribution in [0.4, 0.5) is 5.69 Å². The highest BCUT2D eigenvalue weighted by Gasteiger charge is 2.53. The number of nitro benzene ring substituents is 1. The second-order valence-electron chi connectivity index (χ2n) is 5.79. The quantitative estimate of drug-likeness (QED) is 0.659. The zero-order valence-electron chi connectivity index (χ0n) is 12.2. The Labute approximate surface area is 132 Å². The number of thioether (sulfide) groups is 1. The third-order valence-electron chi connectivity index (χ3n) is 4.58. The first-order valence-electron chi connectivity index (χ1n) is 7.31. The predicted molar refractivity (Wildman–Crippen MR) is 82.7 cm³/mol. The van der Waals surface area contributed by atoms with Gasteiger partial charge in [-0.05, 0) is 25.3 Å². The summed E-state index contributed by atoms with van der Waals surface area (Å²) in [6.45, 7) is 2.02. The minimum Gasteiger partial charge on any atom is -0.479 e. The molecule has 2 saturated heterocycles. The van der Waals surface area contributed by atoms with E-state index in [2.05, 4.69) is 0 Å². The summed E-state index contributed by atoms with van der Waals surface area (Å²) in [6, 6.07) is 3.72. The van der Waals surface area contributed by atoms with Gasteiger partial charge in [-0.2, -0.15) is 11.8 Å². The van der Waals surface area contributed by atoms with Gasteiger partial charge in [0.05, 0.1) is 10.5 Å². The monoisotopic (exact) mass is 323 g/mol. The first-order valence-corrected chi connectivity index (χ1v) is 8.25. The third-order valence-corrected chi connectivity index (χ3v) is 6.36. The first-order chi connectivity index (χ1) is 10.4. The lowest BCUT2D eigenvalue weighted by Gasteiger charge is -2.36. The molecule has 0 spiro atoms. The Balaban J connectivity index is 1.97. The van der Waals surface area contributed by atoms with Crippen LogP contribution >= 0.6 is 11.8 Å². The Bertz CT molecular complexity index is 634. The third kappa shape index (κ3) is 2.43. The van der Waals surface area contributed by atoms with Gasteiger partial charge < -0.3 is 9.84 Å². The fourth-order valence-electron chi connectivity index (χ4n) is 3.41. The van der Waals surface area contributed by atoms with E-state index < -0.39 is 16.5 Å². The van der Waals surface area contributed by atoms with Gasteiger partial charge in [-0.25, -0.2) is 4.79 Å². The molecule has 2 bridgehead atoms. The van der Waals surface area contributed by atoms with Crippen LogP contribution in [0.2, 0.25) is 0 Å². The number of ether oxygens (including phenoxy) is 1. The summed E-state index contributed by atoms with van der Waals surface area (Å²) >= 11 is 1.90. The van der Waals surface area contributed by atoms with Crippen molar-refractivity contribution in [3.63, 3.8) is 0 Å². The first kappa shape index (κ1) is 15.1. The van der Waals surface area contributed by atoms with Crippen molar-refractivity contribution < 1.29 is 19.6 Å². The van der Waals surface area contributed by atoms with Crippen LogP contribution in [-0.2, 0) is 0 Å². The van der Waals surface area contributed by atoms with Crippen molar-refractivity contribution in [1.82, 2.24) is 0 Å². The van der Waals surface area contributed by atoms with Gasteiger partial charge in [0.1, 0.15) is 5.60 Å². The standard InChI is InChI=1S/C15H17NO5S/c1-2-15(8-10-4-6-13(15)22-10)21-12-7-9(14(17)18)3-5-11(12)16(19)20/h3,5,7,10,13H,2,4,6,8H2,1H3,(H,17,18). The molecule has 118 valence electrons. The molecular formula is C15H17NO5S. The van der Waals surface area contributed by atoms with Crippen molar-refractivity contribution in [2.24, 2.45) is 0 Å². The van der Waals surface area contributed by atoms with E-state index >= 15 is 0 Å². The number of fused-ring (bicyclic) bond motifs is 2. The van der Waals surface area contributed by atoms with Gasteiger partial charge in [-0.1, -0.05) is 6.92 Å². The Morgan fingerprint density at radius 2 is 2.32 bits per heavy atom. The SMILES string of the molecule is CCC1(Oc2cc(C(=O)O)ccc2[N+](=O)[O-])CC2CCC1S2. The molecular weight excluding hydrogens is 306 g/mol. The number of rotatable bonds is 5. The minimum atomic E-state index is -1.12. The van der Waals surface area contributed by atoms with Crippen LogP contribution in [-0.4, -0.2) is 32.1 Å². The van der Waals surface area contributed by atoms with Gasteiger partial charge >= 0.3 is 11.7 Å². The van der Waals surface area contributed by atoms with E-state index in [1.54, 1.807) is 0 Å². The van der Waals surface area contributed by atoms with Crippen molar-refractivity contribution in [2.75, 3.05) is 0 Å². The molecule has 1 N–H and O–H groups in total. The predicted octanol–water partition coefficient (Wildman–Crippen LogP) is 3.49. The average molecular weight is 323 g/mol. The molecule has 2 aliphatic heterocycles. The molecule has 0 aliphatic carbocycles. The van der Waals surface area contributed by atoms with E-state index in [0.717, 1.165) is 25.7 Å². The van der Waals surface area contributed by atoms with Crippen LogP contribution in [0.1, 0.15) is 43.0 Å². The largest absolute Gasteiger partial charge is 0.479 e. The number of carbonyl (C=O) groups is 1. The van der Waals surface area contributed by atoms with E-state index in [-0.39, 0.29) is 17.0 Å². The zero-order valence-corrected chi connectivity index (χ0v) is 13.0. The molecule has 0 aromatic heterocycles. The maximum absolute atomic E-state index is 11.2. The van der Waals surface area contributed by atoms with Crippen molar-refractivity contribution in [3.05, 3.63) is 33.9 Å². The van der Waals surface area contributed by atoms with Crippen LogP contribution in [0.15, 0.2) is 18.2 Å². The van der Waals surface area contributed by atoms with E-state index in [0.29, 0.717) is 10.5 Å². The maximum atomic E-state index is 11.2. The normalized spacial score (nSPS) is 29.5. The number of hydrogen-bond donors (Lipinski definition) is 1. The van der Waals surface area contributed by atoms with Gasteiger partial charge in [-0.15, -0.1) is 0 Å². The fraction of sp³-hybridized carbons (Fsp3) is 0.533. The Hall–Kier alpha value is -1.76. The van der Waals surface area contributed by atoms with Crippen LogP contribution in [0.3, 0.4) is 0 Å². The number of benzene rings is 1. The Morgan fingerprint density at radius 1 is 1.55 bits per heavy atom. The minimum absolute atomic E-state index is 0.00247. The Morgan fingerprint density at radius 3 is 2.82 bits per heavy atom. The molecule has 3 unspecified atom stereocenters. The van der Waals surface area contributed by atoms with Crippen LogP contribution in [0, 0.1) is 10.1 Å². The second kappa shape index (κ2) is 5.46. The van der Waals surface area contributed by atoms with Crippen molar-refractivity contribution in [3.8, 4) is 5.75 Å². The summed E-state index contributed by atoms with van der Waals surface area (Å²) in [7, 11) is 0. The van der Waals surface area contributed by atoms with Crippen LogP contribution in [0.5, 0.6) is 5.75 Å². The topological polar surface area (TPSA) is 89.7 Å². The van der Waals surface area contributed by atoms with Gasteiger partial charge in [0.2, 0.25) is 0 Å². The summed E-state index contributed by atoms with van der Waals surface area (Å²) in [6.07, 6.45) is 3.84. The van der Waals surface area contributed by atoms with Gasteiger partial charge in [-0.3, -0.25) is 10.1 Å². The molecule has 22 heavy (non-hydrogen) atoms. The summed E-state index contributed by atoms with van der Waals surface area (Å²) in [5.41, 5.74) is -0.594. The molecule has 6 nitrogen and oxygen atoms in total. The lowest BCUT2D eigenvalue weighted by atomic mass is 9.82. The van der Waals surface area contributed by atoms with Crippen LogP contribution < -0.4 is 4.74 Å². The van der Waals surface area contributed by atoms with Crippen molar-refractivity contribution >= 4 is 23.4 Å². The highest BCUT2D eigenvalue weighted by molar-refractivity contribution is 8.01. The van der Waals surface area contributed by atoms with E-state index in [1.165, 1.54) is 18.2 Å². The number of carboxylic acid groups (broad SMARTS) is 1. The molecule has 3 rings (SSSR count). The highest BCUT2D eigenvalue weighted by atomic mass is 32.2. The molecule has 2 fully saturated rings. The zero-order chi connectivity index (χ0) is 15.9. The molecule has 0 radical (unpaired) electrons. The molecule has 3 atom stereocenters. The molecule has 0 amide bonds. The number of nitrogens with zero attached hydrogens (tertiary/aromatic N) is 1. The smallest absolute Gasteiger partial charge is 0.335 e. The molecule has 1 aromatic carbocycles. The van der Waals surface area contributed by atoms with Crippen LogP contribution in [0.25, 0.3) is 0 Å². The second-order valence-corrected chi connectivity index (χ2v) is 7.30. The number of aromatic carboxylic acids is 1. The van der Waals surface area contributed by atoms with Gasteiger partial charge in [0, 0.05) is 29.1 Å². The molecule has 7 heteroatoms. The van der Waals surface area contributed by atoms with E-state index in [1.807, 2.05) is 18.7 Å². The molecule has 1 aromatic rings. The lowest BCUT2D eigenvalue weighted by molar-refractivity contribution is -0.386. The molecule has 2 heterocycles.